The van der Waals surface area contributed by atoms with Crippen molar-refractivity contribution < 1.29 is 9.90 Å². The summed E-state index contributed by atoms with van der Waals surface area (Å²) in [6, 6.07) is 1.58. The predicted octanol–water partition coefficient (Wildman–Crippen LogP) is 2.02. The Kier molecular flexibility index (Phi) is 5.21. The fourth-order valence-corrected chi connectivity index (χ4v) is 2.06. The van der Waals surface area contributed by atoms with Crippen LogP contribution in [0.15, 0.2) is 16.7 Å². The highest BCUT2D eigenvalue weighted by Crippen LogP contribution is 2.15. The molecule has 4 nitrogen and oxygen atoms in total. The Hall–Kier alpha value is -0.810. The molecular formula is C12H19BrN2O2. The number of nitrogens with one attached hydrogen (secondary N) is 1. The van der Waals surface area contributed by atoms with E-state index in [1.54, 1.807) is 6.07 Å². The Balaban J connectivity index is 2.81. The standard InChI is InChI=1S/C12H19BrN2O2/c1-4-15-6-9(13)5-11(15)12(17)14-10(7-16)8(2)3/h5-6,8,10,16H,4,7H2,1-3H3,(H,14,17)/t10-/m1/s1. The molecule has 5 heteroatoms. The first-order valence-electron chi connectivity index (χ1n) is 5.77. The van der Waals surface area contributed by atoms with Crippen molar-refractivity contribution in [1.82, 2.24) is 9.88 Å². The zero-order valence-electron chi connectivity index (χ0n) is 10.4. The third-order valence-corrected chi connectivity index (χ3v) is 3.19. The first-order chi connectivity index (χ1) is 7.99. The zero-order valence-corrected chi connectivity index (χ0v) is 12.0. The molecule has 0 radical (unpaired) electrons. The van der Waals surface area contributed by atoms with Crippen LogP contribution in [0.1, 0.15) is 31.3 Å². The van der Waals surface area contributed by atoms with E-state index in [1.165, 1.54) is 0 Å². The summed E-state index contributed by atoms with van der Waals surface area (Å²) in [4.78, 5) is 12.0. The van der Waals surface area contributed by atoms with Crippen LogP contribution in [0.4, 0.5) is 0 Å². The molecule has 0 spiro atoms. The molecule has 96 valence electrons. The van der Waals surface area contributed by atoms with E-state index in [0.29, 0.717) is 5.69 Å². The van der Waals surface area contributed by atoms with Gasteiger partial charge in [0.05, 0.1) is 12.6 Å². The molecule has 0 bridgehead atoms. The molecule has 17 heavy (non-hydrogen) atoms. The van der Waals surface area contributed by atoms with Gasteiger partial charge in [-0.3, -0.25) is 4.79 Å². The van der Waals surface area contributed by atoms with Crippen molar-refractivity contribution in [2.45, 2.75) is 33.4 Å². The summed E-state index contributed by atoms with van der Waals surface area (Å²) in [5.41, 5.74) is 0.610. The van der Waals surface area contributed by atoms with Crippen molar-refractivity contribution in [2.75, 3.05) is 6.61 Å². The molecule has 1 amide bonds. The largest absolute Gasteiger partial charge is 0.394 e. The summed E-state index contributed by atoms with van der Waals surface area (Å²) in [6.45, 7) is 6.61. The number of hydrogen-bond donors (Lipinski definition) is 2. The van der Waals surface area contributed by atoms with Gasteiger partial charge in [-0.1, -0.05) is 13.8 Å². The van der Waals surface area contributed by atoms with Crippen molar-refractivity contribution in [2.24, 2.45) is 5.92 Å². The van der Waals surface area contributed by atoms with Crippen molar-refractivity contribution in [3.63, 3.8) is 0 Å². The normalized spacial score (nSPS) is 12.8. The van der Waals surface area contributed by atoms with Gasteiger partial charge in [0, 0.05) is 17.2 Å². The van der Waals surface area contributed by atoms with E-state index < -0.39 is 0 Å². The first-order valence-corrected chi connectivity index (χ1v) is 6.56. The molecule has 1 aromatic rings. The van der Waals surface area contributed by atoms with Crippen LogP contribution >= 0.6 is 15.9 Å². The highest BCUT2D eigenvalue weighted by atomic mass is 79.9. The van der Waals surface area contributed by atoms with E-state index in [0.717, 1.165) is 11.0 Å². The number of carbonyl (C=O) groups excluding carboxylic acids is 1. The van der Waals surface area contributed by atoms with Crippen molar-refractivity contribution in [3.05, 3.63) is 22.4 Å². The molecule has 0 unspecified atom stereocenters. The number of halogens is 1. The number of amides is 1. The van der Waals surface area contributed by atoms with Crippen LogP contribution in [0.3, 0.4) is 0 Å². The van der Waals surface area contributed by atoms with E-state index >= 15 is 0 Å². The molecule has 0 aromatic carbocycles. The number of aryl methyl sites for hydroxylation is 1. The molecular weight excluding hydrogens is 284 g/mol. The lowest BCUT2D eigenvalue weighted by Crippen LogP contribution is -2.41. The highest BCUT2D eigenvalue weighted by Gasteiger charge is 2.18. The predicted molar refractivity (Wildman–Crippen MR) is 71.0 cm³/mol. The fourth-order valence-electron chi connectivity index (χ4n) is 1.59. The van der Waals surface area contributed by atoms with Crippen LogP contribution in [0.2, 0.25) is 0 Å². The molecule has 2 N–H and O–H groups in total. The number of rotatable bonds is 5. The van der Waals surface area contributed by atoms with Crippen LogP contribution < -0.4 is 5.32 Å². The maximum absolute atomic E-state index is 12.0. The van der Waals surface area contributed by atoms with Crippen LogP contribution in [0, 0.1) is 5.92 Å². The van der Waals surface area contributed by atoms with Crippen molar-refractivity contribution in [3.8, 4) is 0 Å². The van der Waals surface area contributed by atoms with Gasteiger partial charge in [0.1, 0.15) is 5.69 Å². The first kappa shape index (κ1) is 14.3. The lowest BCUT2D eigenvalue weighted by Gasteiger charge is -2.20. The summed E-state index contributed by atoms with van der Waals surface area (Å²) in [5, 5.41) is 12.0. The van der Waals surface area contributed by atoms with Crippen molar-refractivity contribution >= 4 is 21.8 Å². The van der Waals surface area contributed by atoms with E-state index in [4.69, 9.17) is 0 Å². The maximum Gasteiger partial charge on any atom is 0.268 e. The third kappa shape index (κ3) is 3.57. The molecule has 0 aliphatic heterocycles. The zero-order chi connectivity index (χ0) is 13.0. The quantitative estimate of drug-likeness (QED) is 0.874. The number of aromatic nitrogens is 1. The summed E-state index contributed by atoms with van der Waals surface area (Å²) >= 11 is 3.35. The number of aliphatic hydroxyl groups excluding tert-OH is 1. The fraction of sp³-hybridized carbons (Fsp3) is 0.583. The van der Waals surface area contributed by atoms with Crippen LogP contribution in [-0.2, 0) is 6.54 Å². The van der Waals surface area contributed by atoms with Gasteiger partial charge >= 0.3 is 0 Å². The van der Waals surface area contributed by atoms with Crippen molar-refractivity contribution in [1.29, 1.82) is 0 Å². The molecule has 1 heterocycles. The minimum Gasteiger partial charge on any atom is -0.394 e. The second-order valence-corrected chi connectivity index (χ2v) is 5.25. The monoisotopic (exact) mass is 302 g/mol. The van der Waals surface area contributed by atoms with Gasteiger partial charge in [-0.15, -0.1) is 0 Å². The van der Waals surface area contributed by atoms with E-state index in [2.05, 4.69) is 21.2 Å². The molecule has 1 rings (SSSR count). The van der Waals surface area contributed by atoms with E-state index in [-0.39, 0.29) is 24.5 Å². The van der Waals surface area contributed by atoms with Gasteiger partial charge in [-0.2, -0.15) is 0 Å². The number of nitrogens with zero attached hydrogens (tertiary/aromatic N) is 1. The Morgan fingerprint density at radius 2 is 2.24 bits per heavy atom. The number of aliphatic hydroxyl groups is 1. The van der Waals surface area contributed by atoms with E-state index in [1.807, 2.05) is 31.5 Å². The van der Waals surface area contributed by atoms with Crippen LogP contribution in [-0.4, -0.2) is 28.2 Å². The average molecular weight is 303 g/mol. The van der Waals surface area contributed by atoms with Gasteiger partial charge in [-0.05, 0) is 34.8 Å². The topological polar surface area (TPSA) is 54.3 Å². The van der Waals surface area contributed by atoms with Crippen LogP contribution in [0.25, 0.3) is 0 Å². The lowest BCUT2D eigenvalue weighted by molar-refractivity contribution is 0.0887. The van der Waals surface area contributed by atoms with Gasteiger partial charge in [0.15, 0.2) is 0 Å². The molecule has 0 aliphatic carbocycles. The average Bonchev–Trinajstić information content (AvgIpc) is 2.66. The van der Waals surface area contributed by atoms with Gasteiger partial charge in [-0.25, -0.2) is 0 Å². The van der Waals surface area contributed by atoms with Gasteiger partial charge in [0.2, 0.25) is 0 Å². The summed E-state index contributed by atoms with van der Waals surface area (Å²) in [6.07, 6.45) is 1.87. The molecule has 1 aromatic heterocycles. The molecule has 0 saturated heterocycles. The molecule has 1 atom stereocenters. The summed E-state index contributed by atoms with van der Waals surface area (Å²) in [5.74, 6) is 0.0581. The Bertz CT molecular complexity index is 388. The minimum atomic E-state index is -0.207. The van der Waals surface area contributed by atoms with Crippen LogP contribution in [0.5, 0.6) is 0 Å². The summed E-state index contributed by atoms with van der Waals surface area (Å²) < 4.78 is 2.75. The minimum absolute atomic E-state index is 0.0442. The third-order valence-electron chi connectivity index (χ3n) is 2.75. The molecule has 0 aliphatic rings. The SMILES string of the molecule is CCn1cc(Br)cc1C(=O)N[C@H](CO)C(C)C. The highest BCUT2D eigenvalue weighted by molar-refractivity contribution is 9.10. The second kappa shape index (κ2) is 6.21. The Morgan fingerprint density at radius 1 is 1.59 bits per heavy atom. The Labute approximate surface area is 110 Å². The lowest BCUT2D eigenvalue weighted by atomic mass is 10.1. The molecule has 0 fully saturated rings. The van der Waals surface area contributed by atoms with Gasteiger partial charge < -0.3 is 15.0 Å². The summed E-state index contributed by atoms with van der Waals surface area (Å²) in [7, 11) is 0. The number of carbonyl (C=O) groups is 1. The Morgan fingerprint density at radius 3 is 2.71 bits per heavy atom. The maximum atomic E-state index is 12.0. The molecule has 0 saturated carbocycles. The van der Waals surface area contributed by atoms with E-state index in [9.17, 15) is 9.90 Å². The smallest absolute Gasteiger partial charge is 0.268 e. The number of hydrogen-bond acceptors (Lipinski definition) is 2. The second-order valence-electron chi connectivity index (χ2n) is 4.34. The van der Waals surface area contributed by atoms with Gasteiger partial charge in [0.25, 0.3) is 5.91 Å².